The van der Waals surface area contributed by atoms with Crippen LogP contribution in [0.3, 0.4) is 0 Å². The Morgan fingerprint density at radius 1 is 1.18 bits per heavy atom. The van der Waals surface area contributed by atoms with Crippen molar-refractivity contribution in [2.24, 2.45) is 0 Å². The molecule has 0 atom stereocenters. The van der Waals surface area contributed by atoms with Gasteiger partial charge in [0.05, 0.1) is 5.69 Å². The molecule has 2 rings (SSSR count). The number of hydrogen-bond acceptors (Lipinski definition) is 3. The Hall–Kier alpha value is -2.23. The molecule has 0 bridgehead atoms. The van der Waals surface area contributed by atoms with Crippen molar-refractivity contribution >= 4 is 5.97 Å². The number of carbonyl (C=O) groups is 1. The van der Waals surface area contributed by atoms with Crippen LogP contribution in [-0.2, 0) is 0 Å². The molecule has 4 nitrogen and oxygen atoms in total. The number of aromatic nitrogens is 2. The lowest BCUT2D eigenvalue weighted by molar-refractivity contribution is 0.0683. The third-order valence-corrected chi connectivity index (χ3v) is 2.36. The highest BCUT2D eigenvalue weighted by Crippen LogP contribution is 2.18. The molecule has 0 saturated heterocycles. The summed E-state index contributed by atoms with van der Waals surface area (Å²) in [6, 6.07) is 9.55. The smallest absolute Gasteiger partial charge is 0.373 e. The lowest BCUT2D eigenvalue weighted by Crippen LogP contribution is -2.06. The van der Waals surface area contributed by atoms with Gasteiger partial charge < -0.3 is 5.11 Å². The summed E-state index contributed by atoms with van der Waals surface area (Å²) in [7, 11) is 0. The molecule has 0 saturated carbocycles. The van der Waals surface area contributed by atoms with Gasteiger partial charge in [-0.25, -0.2) is 14.8 Å². The van der Waals surface area contributed by atoms with Crippen molar-refractivity contribution in [3.8, 4) is 11.3 Å². The fraction of sp³-hybridized carbons (Fsp3) is 0.154. The van der Waals surface area contributed by atoms with E-state index < -0.39 is 5.97 Å². The first-order valence-corrected chi connectivity index (χ1v) is 5.22. The Morgan fingerprint density at radius 2 is 1.94 bits per heavy atom. The van der Waals surface area contributed by atoms with E-state index in [0.29, 0.717) is 11.4 Å². The van der Waals surface area contributed by atoms with Gasteiger partial charge in [0.2, 0.25) is 5.82 Å². The van der Waals surface area contributed by atoms with Crippen LogP contribution in [0.4, 0.5) is 0 Å². The van der Waals surface area contributed by atoms with Gasteiger partial charge in [-0.2, -0.15) is 0 Å². The van der Waals surface area contributed by atoms with Gasteiger partial charge in [0, 0.05) is 11.3 Å². The molecule has 2 aromatic rings. The van der Waals surface area contributed by atoms with Crippen LogP contribution in [0.1, 0.15) is 21.9 Å². The van der Waals surface area contributed by atoms with Gasteiger partial charge in [0.25, 0.3) is 0 Å². The van der Waals surface area contributed by atoms with Gasteiger partial charge in [0.1, 0.15) is 0 Å². The van der Waals surface area contributed by atoms with Gasteiger partial charge in [0.15, 0.2) is 0 Å². The number of rotatable bonds is 2. The van der Waals surface area contributed by atoms with E-state index in [1.54, 1.807) is 13.0 Å². The summed E-state index contributed by atoms with van der Waals surface area (Å²) in [6.07, 6.45) is 0. The van der Waals surface area contributed by atoms with Gasteiger partial charge in [-0.1, -0.05) is 23.8 Å². The molecule has 0 unspecified atom stereocenters. The second kappa shape index (κ2) is 4.33. The Balaban J connectivity index is 2.56. The van der Waals surface area contributed by atoms with Gasteiger partial charge >= 0.3 is 5.97 Å². The fourth-order valence-corrected chi connectivity index (χ4v) is 1.62. The highest BCUT2D eigenvalue weighted by Gasteiger charge is 2.10. The summed E-state index contributed by atoms with van der Waals surface area (Å²) < 4.78 is 0. The summed E-state index contributed by atoms with van der Waals surface area (Å²) >= 11 is 0. The minimum atomic E-state index is -1.11. The fourth-order valence-electron chi connectivity index (χ4n) is 1.62. The number of carboxylic acid groups (broad SMARTS) is 1. The summed E-state index contributed by atoms with van der Waals surface area (Å²) in [4.78, 5) is 18.8. The Bertz CT molecular complexity index is 579. The zero-order valence-corrected chi connectivity index (χ0v) is 9.64. The number of hydrogen-bond donors (Lipinski definition) is 1. The van der Waals surface area contributed by atoms with Gasteiger partial charge in [-0.05, 0) is 26.0 Å². The molecule has 0 aliphatic heterocycles. The predicted octanol–water partition coefficient (Wildman–Crippen LogP) is 2.46. The van der Waals surface area contributed by atoms with E-state index in [1.165, 1.54) is 0 Å². The first-order valence-electron chi connectivity index (χ1n) is 5.22. The second-order valence-electron chi connectivity index (χ2n) is 3.89. The van der Waals surface area contributed by atoms with Crippen LogP contribution >= 0.6 is 0 Å². The number of nitrogens with zero attached hydrogens (tertiary/aromatic N) is 2. The van der Waals surface area contributed by atoms with Crippen molar-refractivity contribution in [2.75, 3.05) is 0 Å². The lowest BCUT2D eigenvalue weighted by Gasteiger charge is -2.04. The van der Waals surface area contributed by atoms with Crippen LogP contribution in [0.5, 0.6) is 0 Å². The largest absolute Gasteiger partial charge is 0.475 e. The van der Waals surface area contributed by atoms with Crippen molar-refractivity contribution in [1.29, 1.82) is 0 Å². The Morgan fingerprint density at radius 3 is 2.59 bits per heavy atom. The molecule has 1 N–H and O–H groups in total. The van der Waals surface area contributed by atoms with E-state index in [0.717, 1.165) is 11.1 Å². The molecule has 0 aliphatic carbocycles. The third kappa shape index (κ3) is 2.47. The van der Waals surface area contributed by atoms with E-state index in [1.807, 2.05) is 31.2 Å². The van der Waals surface area contributed by atoms with E-state index >= 15 is 0 Å². The number of carboxylic acids is 1. The van der Waals surface area contributed by atoms with E-state index in [2.05, 4.69) is 9.97 Å². The summed E-state index contributed by atoms with van der Waals surface area (Å²) in [6.45, 7) is 3.74. The lowest BCUT2D eigenvalue weighted by atomic mass is 10.1. The molecule has 0 radical (unpaired) electrons. The van der Waals surface area contributed by atoms with Crippen molar-refractivity contribution < 1.29 is 9.90 Å². The van der Waals surface area contributed by atoms with E-state index in [4.69, 9.17) is 5.11 Å². The van der Waals surface area contributed by atoms with Crippen molar-refractivity contribution in [1.82, 2.24) is 9.97 Å². The minimum absolute atomic E-state index is 0.165. The van der Waals surface area contributed by atoms with Crippen LogP contribution < -0.4 is 0 Å². The van der Waals surface area contributed by atoms with Crippen LogP contribution in [0.2, 0.25) is 0 Å². The number of aromatic carboxylic acids is 1. The summed E-state index contributed by atoms with van der Waals surface area (Å²) in [5, 5.41) is 8.91. The predicted molar refractivity (Wildman–Crippen MR) is 63.9 cm³/mol. The highest BCUT2D eigenvalue weighted by molar-refractivity contribution is 5.84. The molecular formula is C13H12N2O2. The molecule has 0 spiro atoms. The molecule has 0 fully saturated rings. The molecule has 0 amide bonds. The quantitative estimate of drug-likeness (QED) is 0.857. The molecule has 0 aliphatic rings. The molecule has 1 aromatic heterocycles. The normalized spacial score (nSPS) is 10.2. The topological polar surface area (TPSA) is 63.1 Å². The van der Waals surface area contributed by atoms with Gasteiger partial charge in [-0.15, -0.1) is 0 Å². The van der Waals surface area contributed by atoms with E-state index in [9.17, 15) is 4.79 Å². The molecule has 4 heteroatoms. The standard InChI is InChI=1S/C13H12N2O2/c1-8-4-3-5-10(6-8)11-7-9(2)14-12(15-11)13(16)17/h3-7H,1-2H3,(H,16,17). The Labute approximate surface area is 99.0 Å². The molecule has 1 heterocycles. The second-order valence-corrected chi connectivity index (χ2v) is 3.89. The SMILES string of the molecule is Cc1cccc(-c2cc(C)nc(C(=O)O)n2)c1. The zero-order chi connectivity index (χ0) is 12.4. The summed E-state index contributed by atoms with van der Waals surface area (Å²) in [5.41, 5.74) is 3.29. The Kier molecular flexibility index (Phi) is 2.87. The van der Waals surface area contributed by atoms with Crippen molar-refractivity contribution in [3.05, 3.63) is 47.4 Å². The maximum absolute atomic E-state index is 10.9. The zero-order valence-electron chi connectivity index (χ0n) is 9.64. The molecular weight excluding hydrogens is 216 g/mol. The van der Waals surface area contributed by atoms with Crippen LogP contribution in [0.25, 0.3) is 11.3 Å². The van der Waals surface area contributed by atoms with E-state index in [-0.39, 0.29) is 5.82 Å². The first kappa shape index (κ1) is 11.3. The van der Waals surface area contributed by atoms with Crippen LogP contribution in [0.15, 0.2) is 30.3 Å². The third-order valence-electron chi connectivity index (χ3n) is 2.36. The molecule has 1 aromatic carbocycles. The maximum atomic E-state index is 10.9. The first-order chi connectivity index (χ1) is 8.06. The number of aryl methyl sites for hydroxylation is 2. The summed E-state index contributed by atoms with van der Waals surface area (Å²) in [5.74, 6) is -1.27. The van der Waals surface area contributed by atoms with Crippen LogP contribution in [0, 0.1) is 13.8 Å². The van der Waals surface area contributed by atoms with Crippen molar-refractivity contribution in [3.63, 3.8) is 0 Å². The highest BCUT2D eigenvalue weighted by atomic mass is 16.4. The number of benzene rings is 1. The van der Waals surface area contributed by atoms with Gasteiger partial charge in [-0.3, -0.25) is 0 Å². The average molecular weight is 228 g/mol. The van der Waals surface area contributed by atoms with Crippen LogP contribution in [-0.4, -0.2) is 21.0 Å². The molecule has 17 heavy (non-hydrogen) atoms. The monoisotopic (exact) mass is 228 g/mol. The maximum Gasteiger partial charge on any atom is 0.373 e. The van der Waals surface area contributed by atoms with Crippen molar-refractivity contribution in [2.45, 2.75) is 13.8 Å². The minimum Gasteiger partial charge on any atom is -0.475 e. The molecule has 86 valence electrons. The average Bonchev–Trinajstić information content (AvgIpc) is 2.28.